The van der Waals surface area contributed by atoms with Crippen molar-refractivity contribution in [1.82, 2.24) is 5.32 Å². The molecule has 1 atom stereocenters. The van der Waals surface area contributed by atoms with Crippen LogP contribution in [0, 0.1) is 0 Å². The highest BCUT2D eigenvalue weighted by Gasteiger charge is 2.40. The average Bonchev–Trinajstić information content (AvgIpc) is 2.50. The summed E-state index contributed by atoms with van der Waals surface area (Å²) in [6.07, 6.45) is -1.14. The molecule has 1 fully saturated rings. The molecule has 0 saturated heterocycles. The van der Waals surface area contributed by atoms with Gasteiger partial charge in [-0.3, -0.25) is 4.79 Å². The Labute approximate surface area is 151 Å². The van der Waals surface area contributed by atoms with E-state index in [4.69, 9.17) is 5.73 Å². The Balaban J connectivity index is 2.04. The van der Waals surface area contributed by atoms with E-state index in [0.717, 1.165) is 24.8 Å². The minimum Gasteiger partial charge on any atom is -0.354 e. The van der Waals surface area contributed by atoms with E-state index in [1.54, 1.807) is 6.07 Å². The highest BCUT2D eigenvalue weighted by Crippen LogP contribution is 2.44. The lowest BCUT2D eigenvalue weighted by Crippen LogP contribution is -2.50. The number of halogens is 3. The summed E-state index contributed by atoms with van der Waals surface area (Å²) in [5.74, 6) is -0.688. The third-order valence-corrected chi connectivity index (χ3v) is 5.83. The predicted octanol–water partition coefficient (Wildman–Crippen LogP) is 2.01. The lowest BCUT2D eigenvalue weighted by atomic mass is 9.64. The Morgan fingerprint density at radius 3 is 2.50 bits per heavy atom. The number of rotatable bonds is 7. The molecule has 0 aliphatic heterocycles. The van der Waals surface area contributed by atoms with Gasteiger partial charge in [0.15, 0.2) is 0 Å². The molecule has 0 spiro atoms. The van der Waals surface area contributed by atoms with E-state index in [9.17, 15) is 26.4 Å². The summed E-state index contributed by atoms with van der Waals surface area (Å²) in [4.78, 5) is 12.1. The zero-order valence-electron chi connectivity index (χ0n) is 14.5. The van der Waals surface area contributed by atoms with E-state index < -0.39 is 38.9 Å². The minimum absolute atomic E-state index is 0.00122. The van der Waals surface area contributed by atoms with Crippen LogP contribution >= 0.6 is 0 Å². The third-order valence-electron chi connectivity index (χ3n) is 4.85. The standard InChI is InChI=1S/C17H23F3N2O3S/c1-26(24,25)9-6-14(21)15(23)22-11-16(7-3-8-16)12-4-2-5-13(10-12)17(18,19)20/h2,4-5,10,14H,3,6-9,11,21H2,1H3,(H,22,23). The Morgan fingerprint density at radius 2 is 2.00 bits per heavy atom. The van der Waals surface area contributed by atoms with Gasteiger partial charge in [-0.2, -0.15) is 13.2 Å². The number of alkyl halides is 3. The molecule has 1 amide bonds. The van der Waals surface area contributed by atoms with E-state index in [0.29, 0.717) is 18.4 Å². The molecule has 0 aromatic heterocycles. The molecule has 146 valence electrons. The lowest BCUT2D eigenvalue weighted by molar-refractivity contribution is -0.137. The summed E-state index contributed by atoms with van der Waals surface area (Å²) < 4.78 is 61.1. The monoisotopic (exact) mass is 392 g/mol. The fourth-order valence-electron chi connectivity index (χ4n) is 3.06. The zero-order valence-corrected chi connectivity index (χ0v) is 15.3. The quantitative estimate of drug-likeness (QED) is 0.743. The van der Waals surface area contributed by atoms with Crippen molar-refractivity contribution in [3.63, 3.8) is 0 Å². The third kappa shape index (κ3) is 5.20. The summed E-state index contributed by atoms with van der Waals surface area (Å²) in [5.41, 5.74) is 5.01. The highest BCUT2D eigenvalue weighted by molar-refractivity contribution is 7.90. The number of carbonyl (C=O) groups is 1. The summed E-state index contributed by atoms with van der Waals surface area (Å²) >= 11 is 0. The van der Waals surface area contributed by atoms with Crippen LogP contribution in [0.3, 0.4) is 0 Å². The van der Waals surface area contributed by atoms with Crippen LogP contribution in [-0.4, -0.2) is 38.9 Å². The first-order valence-corrected chi connectivity index (χ1v) is 10.4. The van der Waals surface area contributed by atoms with Crippen LogP contribution < -0.4 is 11.1 Å². The summed E-state index contributed by atoms with van der Waals surface area (Å²) in [7, 11) is -3.22. The van der Waals surface area contributed by atoms with Crippen molar-refractivity contribution in [3.8, 4) is 0 Å². The molecular formula is C17H23F3N2O3S. The molecule has 1 unspecified atom stereocenters. The van der Waals surface area contributed by atoms with Gasteiger partial charge >= 0.3 is 6.18 Å². The number of benzene rings is 1. The van der Waals surface area contributed by atoms with Gasteiger partial charge in [-0.05, 0) is 30.9 Å². The zero-order chi connectivity index (χ0) is 19.6. The smallest absolute Gasteiger partial charge is 0.354 e. The number of nitrogens with one attached hydrogen (secondary N) is 1. The van der Waals surface area contributed by atoms with E-state index in [2.05, 4.69) is 5.32 Å². The largest absolute Gasteiger partial charge is 0.416 e. The van der Waals surface area contributed by atoms with Gasteiger partial charge < -0.3 is 11.1 Å². The van der Waals surface area contributed by atoms with Gasteiger partial charge in [-0.15, -0.1) is 0 Å². The Kier molecular flexibility index (Phi) is 6.02. The van der Waals surface area contributed by atoms with Crippen LogP contribution in [-0.2, 0) is 26.2 Å². The van der Waals surface area contributed by atoms with Gasteiger partial charge in [-0.1, -0.05) is 24.6 Å². The van der Waals surface area contributed by atoms with Crippen molar-refractivity contribution in [2.24, 2.45) is 5.73 Å². The van der Waals surface area contributed by atoms with E-state index in [1.807, 2.05) is 0 Å². The molecule has 1 aromatic rings. The van der Waals surface area contributed by atoms with Crippen LogP contribution in [0.4, 0.5) is 13.2 Å². The average molecular weight is 392 g/mol. The van der Waals surface area contributed by atoms with Crippen molar-refractivity contribution in [3.05, 3.63) is 35.4 Å². The van der Waals surface area contributed by atoms with Crippen LogP contribution in [0.2, 0.25) is 0 Å². The van der Waals surface area contributed by atoms with Gasteiger partial charge in [0.05, 0.1) is 17.4 Å². The van der Waals surface area contributed by atoms with Crippen molar-refractivity contribution in [2.75, 3.05) is 18.6 Å². The van der Waals surface area contributed by atoms with Gasteiger partial charge in [0.2, 0.25) is 5.91 Å². The van der Waals surface area contributed by atoms with Gasteiger partial charge in [-0.25, -0.2) is 8.42 Å². The molecule has 2 rings (SSSR count). The number of amides is 1. The summed E-state index contributed by atoms with van der Waals surface area (Å²) in [5, 5.41) is 2.68. The SMILES string of the molecule is CS(=O)(=O)CCC(N)C(=O)NCC1(c2cccc(C(F)(F)F)c2)CCC1. The minimum atomic E-state index is -4.42. The Morgan fingerprint density at radius 1 is 1.35 bits per heavy atom. The second-order valence-electron chi connectivity index (χ2n) is 6.96. The van der Waals surface area contributed by atoms with Gasteiger partial charge in [0.1, 0.15) is 9.84 Å². The molecular weight excluding hydrogens is 369 g/mol. The maximum atomic E-state index is 12.9. The lowest BCUT2D eigenvalue weighted by Gasteiger charge is -2.43. The fourth-order valence-corrected chi connectivity index (χ4v) is 3.74. The van der Waals surface area contributed by atoms with Gasteiger partial charge in [0.25, 0.3) is 0 Å². The molecule has 0 radical (unpaired) electrons. The first-order valence-electron chi connectivity index (χ1n) is 8.32. The predicted molar refractivity (Wildman–Crippen MR) is 92.3 cm³/mol. The fraction of sp³-hybridized carbons (Fsp3) is 0.588. The maximum absolute atomic E-state index is 12.9. The summed E-state index contributed by atoms with van der Waals surface area (Å²) in [6.45, 7) is 0.180. The molecule has 1 saturated carbocycles. The molecule has 1 aromatic carbocycles. The van der Waals surface area contributed by atoms with Crippen LogP contribution in [0.15, 0.2) is 24.3 Å². The molecule has 0 heterocycles. The molecule has 1 aliphatic carbocycles. The number of nitrogens with two attached hydrogens (primary N) is 1. The molecule has 5 nitrogen and oxygen atoms in total. The summed E-state index contributed by atoms with van der Waals surface area (Å²) in [6, 6.07) is 4.20. The Bertz CT molecular complexity index is 759. The van der Waals surface area contributed by atoms with Crippen molar-refractivity contribution in [2.45, 2.75) is 43.3 Å². The van der Waals surface area contributed by atoms with Crippen LogP contribution in [0.25, 0.3) is 0 Å². The molecule has 1 aliphatic rings. The first kappa shape index (κ1) is 20.7. The van der Waals surface area contributed by atoms with Crippen molar-refractivity contribution in [1.29, 1.82) is 0 Å². The number of hydrogen-bond donors (Lipinski definition) is 2. The number of hydrogen-bond acceptors (Lipinski definition) is 4. The van der Waals surface area contributed by atoms with E-state index >= 15 is 0 Å². The maximum Gasteiger partial charge on any atom is 0.416 e. The number of carbonyl (C=O) groups excluding carboxylic acids is 1. The molecule has 0 bridgehead atoms. The normalized spacial score (nSPS) is 18.0. The van der Waals surface area contributed by atoms with Crippen molar-refractivity contribution >= 4 is 15.7 Å². The molecule has 9 heteroatoms. The van der Waals surface area contributed by atoms with Crippen LogP contribution in [0.1, 0.15) is 36.8 Å². The number of sulfone groups is 1. The topological polar surface area (TPSA) is 89.3 Å². The second kappa shape index (κ2) is 7.56. The first-order chi connectivity index (χ1) is 11.9. The highest BCUT2D eigenvalue weighted by atomic mass is 32.2. The van der Waals surface area contributed by atoms with Crippen LogP contribution in [0.5, 0.6) is 0 Å². The molecule has 3 N–H and O–H groups in total. The molecule has 26 heavy (non-hydrogen) atoms. The second-order valence-corrected chi connectivity index (χ2v) is 9.22. The van der Waals surface area contributed by atoms with Crippen molar-refractivity contribution < 1.29 is 26.4 Å². The Hall–Kier alpha value is -1.61. The van der Waals surface area contributed by atoms with Gasteiger partial charge in [0, 0.05) is 18.2 Å². The van der Waals surface area contributed by atoms with E-state index in [-0.39, 0.29) is 18.7 Å². The van der Waals surface area contributed by atoms with E-state index in [1.165, 1.54) is 6.07 Å².